The van der Waals surface area contributed by atoms with Crippen molar-refractivity contribution in [2.24, 2.45) is 4.99 Å². The van der Waals surface area contributed by atoms with E-state index >= 15 is 0 Å². The van der Waals surface area contributed by atoms with Gasteiger partial charge in [-0.1, -0.05) is 0 Å². The molecule has 1 aliphatic rings. The summed E-state index contributed by atoms with van der Waals surface area (Å²) in [4.78, 5) is 23.2. The van der Waals surface area contributed by atoms with E-state index < -0.39 is 10.0 Å². The van der Waals surface area contributed by atoms with Gasteiger partial charge in [0.2, 0.25) is 15.8 Å². The van der Waals surface area contributed by atoms with Crippen LogP contribution < -0.4 is 4.90 Å². The van der Waals surface area contributed by atoms with Crippen LogP contribution in [0, 0.1) is 6.92 Å². The molecule has 1 aromatic heterocycles. The van der Waals surface area contributed by atoms with E-state index in [9.17, 15) is 13.2 Å². The number of ketones is 1. The number of carbonyl (C=O) groups is 1. The third-order valence-corrected chi connectivity index (χ3v) is 6.94. The van der Waals surface area contributed by atoms with Crippen molar-refractivity contribution in [1.82, 2.24) is 9.29 Å². The number of pyridine rings is 1. The maximum Gasteiger partial charge on any atom is 0.244 e. The van der Waals surface area contributed by atoms with Crippen LogP contribution in [0.25, 0.3) is 0 Å². The number of hydrogen-bond donors (Lipinski definition) is 0. The van der Waals surface area contributed by atoms with Crippen LogP contribution in [0.2, 0.25) is 0 Å². The van der Waals surface area contributed by atoms with E-state index in [2.05, 4.69) is 4.98 Å². The summed E-state index contributed by atoms with van der Waals surface area (Å²) in [7, 11) is -0.648. The second-order valence-corrected chi connectivity index (χ2v) is 9.28. The Morgan fingerprint density at radius 1 is 1.10 bits per heavy atom. The maximum absolute atomic E-state index is 13.1. The fraction of sp³-hybridized carbons (Fsp3) is 0.318. The molecular weight excluding hydrogens is 464 g/mol. The van der Waals surface area contributed by atoms with Crippen LogP contribution in [-0.4, -0.2) is 56.4 Å². The van der Waals surface area contributed by atoms with Crippen molar-refractivity contribution >= 4 is 32.9 Å². The molecule has 169 valence electrons. The Labute approximate surface area is 194 Å². The first kappa shape index (κ1) is 24.9. The molecule has 3 rings (SSSR count). The molecule has 1 aromatic carbocycles. The van der Waals surface area contributed by atoms with Crippen molar-refractivity contribution in [3.05, 3.63) is 59.4 Å². The Morgan fingerprint density at radius 2 is 1.77 bits per heavy atom. The Balaban J connectivity index is 0.00000341. The van der Waals surface area contributed by atoms with Crippen molar-refractivity contribution < 1.29 is 30.3 Å². The number of aromatic nitrogens is 1. The average Bonchev–Trinajstić information content (AvgIpc) is 2.72. The molecule has 1 heterocycles. The molecule has 0 bridgehead atoms. The predicted molar refractivity (Wildman–Crippen MR) is 120 cm³/mol. The van der Waals surface area contributed by atoms with Crippen molar-refractivity contribution in [2.45, 2.75) is 25.7 Å². The molecule has 0 fully saturated rings. The van der Waals surface area contributed by atoms with Crippen molar-refractivity contribution in [1.29, 1.82) is 0 Å². The summed E-state index contributed by atoms with van der Waals surface area (Å²) in [6, 6.07) is 7.02. The molecule has 0 saturated heterocycles. The van der Waals surface area contributed by atoms with E-state index in [-0.39, 0.29) is 27.7 Å². The second-order valence-electron chi connectivity index (χ2n) is 7.16. The molecule has 0 spiro atoms. The van der Waals surface area contributed by atoms with Gasteiger partial charge in [-0.25, -0.2) is 17.7 Å². The Bertz CT molecular complexity index is 1150. The van der Waals surface area contributed by atoms with Crippen LogP contribution in [0.5, 0.6) is 0 Å². The molecule has 0 N–H and O–H groups in total. The SMILES string of the molecule is CCN(CC)c1cc(C)c(N=C2C=CC(=O)c3ncccc32)cc1S(=O)(=O)N(C)C.[Cu]. The number of anilines is 1. The van der Waals surface area contributed by atoms with Gasteiger partial charge in [-0.3, -0.25) is 9.78 Å². The number of aryl methyl sites for hydroxylation is 1. The summed E-state index contributed by atoms with van der Waals surface area (Å²) in [6.07, 6.45) is 4.65. The molecule has 0 amide bonds. The van der Waals surface area contributed by atoms with Crippen LogP contribution in [-0.2, 0) is 27.1 Å². The molecule has 7 nitrogen and oxygen atoms in total. The molecule has 1 radical (unpaired) electrons. The van der Waals surface area contributed by atoms with E-state index in [1.54, 1.807) is 30.5 Å². The molecule has 9 heteroatoms. The summed E-state index contributed by atoms with van der Waals surface area (Å²) < 4.78 is 27.3. The summed E-state index contributed by atoms with van der Waals surface area (Å²) in [5, 5.41) is 0. The van der Waals surface area contributed by atoms with Gasteiger partial charge in [-0.15, -0.1) is 0 Å². The summed E-state index contributed by atoms with van der Waals surface area (Å²) in [6.45, 7) is 7.26. The zero-order chi connectivity index (χ0) is 22.1. The normalized spacial score (nSPS) is 14.5. The first-order chi connectivity index (χ1) is 14.2. The Kier molecular flexibility index (Phi) is 7.94. The van der Waals surface area contributed by atoms with Gasteiger partial charge in [0.1, 0.15) is 10.6 Å². The van der Waals surface area contributed by atoms with Crippen LogP contribution in [0.1, 0.15) is 35.5 Å². The number of carbonyl (C=O) groups excluding carboxylic acids is 1. The maximum atomic E-state index is 13.1. The number of nitrogens with zero attached hydrogens (tertiary/aromatic N) is 4. The van der Waals surface area contributed by atoms with Crippen molar-refractivity contribution in [3.8, 4) is 0 Å². The van der Waals surface area contributed by atoms with E-state index in [0.29, 0.717) is 41.4 Å². The number of fused-ring (bicyclic) bond motifs is 1. The van der Waals surface area contributed by atoms with Gasteiger partial charge in [0.05, 0.1) is 17.1 Å². The molecule has 1 aliphatic carbocycles. The summed E-state index contributed by atoms with van der Waals surface area (Å²) in [5.74, 6) is -0.172. The standard InChI is InChI=1S/C22H26N4O3S.Cu/c1-6-26(7-2)19-13-15(3)18(14-21(19)30(28,29)25(4)5)24-17-10-11-20(27)22-16(17)9-8-12-23-22;/h8-14H,6-7H2,1-5H3;. The largest absolute Gasteiger partial charge is 0.371 e. The average molecular weight is 490 g/mol. The molecule has 0 saturated carbocycles. The van der Waals surface area contributed by atoms with Gasteiger partial charge in [0, 0.05) is 56.0 Å². The third-order valence-electron chi connectivity index (χ3n) is 5.09. The van der Waals surface area contributed by atoms with Crippen LogP contribution in [0.3, 0.4) is 0 Å². The summed E-state index contributed by atoms with van der Waals surface area (Å²) in [5.41, 5.74) is 3.59. The molecule has 0 atom stereocenters. The van der Waals surface area contributed by atoms with Gasteiger partial charge in [0.25, 0.3) is 0 Å². The topological polar surface area (TPSA) is 82.9 Å². The predicted octanol–water partition coefficient (Wildman–Crippen LogP) is 3.36. The van der Waals surface area contributed by atoms with Crippen LogP contribution >= 0.6 is 0 Å². The number of hydrogen-bond acceptors (Lipinski definition) is 6. The number of allylic oxidation sites excluding steroid dienone is 2. The molecular formula is C22H26CuN4O3S. The second kappa shape index (κ2) is 9.87. The Hall–Kier alpha value is -2.32. The van der Waals surface area contributed by atoms with Gasteiger partial charge >= 0.3 is 0 Å². The monoisotopic (exact) mass is 489 g/mol. The van der Waals surface area contributed by atoms with Crippen molar-refractivity contribution in [3.63, 3.8) is 0 Å². The van der Waals surface area contributed by atoms with Crippen LogP contribution in [0.15, 0.2) is 52.5 Å². The van der Waals surface area contributed by atoms with E-state index in [0.717, 1.165) is 5.56 Å². The first-order valence-corrected chi connectivity index (χ1v) is 11.2. The molecule has 0 aliphatic heterocycles. The van der Waals surface area contributed by atoms with Gasteiger partial charge < -0.3 is 4.90 Å². The van der Waals surface area contributed by atoms with Crippen molar-refractivity contribution in [2.75, 3.05) is 32.1 Å². The quantitative estimate of drug-likeness (QED) is 0.581. The molecule has 2 aromatic rings. The van der Waals surface area contributed by atoms with Gasteiger partial charge in [-0.2, -0.15) is 0 Å². The van der Waals surface area contributed by atoms with E-state index in [1.807, 2.05) is 31.7 Å². The van der Waals surface area contributed by atoms with Crippen LogP contribution in [0.4, 0.5) is 11.4 Å². The fourth-order valence-corrected chi connectivity index (χ4v) is 4.46. The number of sulfonamides is 1. The van der Waals surface area contributed by atoms with E-state index in [1.165, 1.54) is 24.5 Å². The fourth-order valence-electron chi connectivity index (χ4n) is 3.36. The minimum Gasteiger partial charge on any atom is -0.371 e. The molecule has 31 heavy (non-hydrogen) atoms. The summed E-state index contributed by atoms with van der Waals surface area (Å²) >= 11 is 0. The van der Waals surface area contributed by atoms with E-state index in [4.69, 9.17) is 4.99 Å². The number of aliphatic imine (C=N–C) groups is 1. The number of rotatable bonds is 6. The number of benzene rings is 1. The smallest absolute Gasteiger partial charge is 0.244 e. The minimum atomic E-state index is -3.68. The first-order valence-electron chi connectivity index (χ1n) is 9.79. The Morgan fingerprint density at radius 3 is 2.39 bits per heavy atom. The minimum absolute atomic E-state index is 0. The third kappa shape index (κ3) is 4.80. The van der Waals surface area contributed by atoms with Gasteiger partial charge in [0.15, 0.2) is 0 Å². The zero-order valence-corrected chi connectivity index (χ0v) is 19.9. The zero-order valence-electron chi connectivity index (χ0n) is 18.2. The molecule has 0 unspecified atom stereocenters. The van der Waals surface area contributed by atoms with Gasteiger partial charge in [-0.05, 0) is 62.8 Å².